The summed E-state index contributed by atoms with van der Waals surface area (Å²) in [5, 5.41) is 4.99. The van der Waals surface area contributed by atoms with Crippen LogP contribution in [0.15, 0.2) is 90.1 Å². The molecular weight excluding hydrogens is 411 g/mol. The van der Waals surface area contributed by atoms with E-state index in [9.17, 15) is 4.39 Å². The Kier molecular flexibility index (Phi) is 6.19. The Morgan fingerprint density at radius 3 is 2.42 bits per heavy atom. The third-order valence-electron chi connectivity index (χ3n) is 5.12. The van der Waals surface area contributed by atoms with Gasteiger partial charge in [-0.25, -0.2) is 4.39 Å². The summed E-state index contributed by atoms with van der Waals surface area (Å²) < 4.78 is 15.6. The third kappa shape index (κ3) is 4.70. The molecule has 0 aliphatic carbocycles. The predicted molar refractivity (Wildman–Crippen MR) is 124 cm³/mol. The second kappa shape index (κ2) is 9.19. The van der Waals surface area contributed by atoms with Gasteiger partial charge in [-0.3, -0.25) is 0 Å². The molecule has 1 heterocycles. The van der Waals surface area contributed by atoms with Crippen LogP contribution < -0.4 is 0 Å². The first kappa shape index (κ1) is 20.9. The van der Waals surface area contributed by atoms with Crippen molar-refractivity contribution in [2.75, 3.05) is 0 Å². The van der Waals surface area contributed by atoms with E-state index in [2.05, 4.69) is 9.72 Å². The van der Waals surface area contributed by atoms with E-state index in [1.807, 2.05) is 74.5 Å². The zero-order valence-corrected chi connectivity index (χ0v) is 18.1. The molecule has 0 N–H and O–H groups in total. The average molecular weight is 433 g/mol. The van der Waals surface area contributed by atoms with Gasteiger partial charge in [-0.15, -0.1) is 0 Å². The minimum Gasteiger partial charge on any atom is -0.391 e. The first-order valence-electron chi connectivity index (χ1n) is 9.98. The van der Waals surface area contributed by atoms with Crippen molar-refractivity contribution in [3.63, 3.8) is 0 Å². The molecule has 31 heavy (non-hydrogen) atoms. The number of hydrogen-bond acceptors (Lipinski definition) is 2. The van der Waals surface area contributed by atoms with Crippen LogP contribution in [0.25, 0.3) is 16.9 Å². The smallest absolute Gasteiger partial charge is 0.142 e. The standard InChI is InChI=1S/C26H22ClFN2O/c1-18(29-31-17-20-7-4-3-5-8-20)25-16-26(21-11-13-23(28)14-12-21)30(19(25)2)24-10-6-9-22(27)15-24/h3-16H,17H2,1-2H3/b29-18-. The van der Waals surface area contributed by atoms with Crippen molar-refractivity contribution in [1.29, 1.82) is 0 Å². The van der Waals surface area contributed by atoms with Crippen molar-refractivity contribution < 1.29 is 9.23 Å². The number of hydrogen-bond donors (Lipinski definition) is 0. The summed E-state index contributed by atoms with van der Waals surface area (Å²) in [5.41, 5.74) is 6.50. The molecule has 0 fully saturated rings. The van der Waals surface area contributed by atoms with Crippen molar-refractivity contribution in [1.82, 2.24) is 4.57 Å². The van der Waals surface area contributed by atoms with Gasteiger partial charge < -0.3 is 9.40 Å². The molecule has 0 unspecified atom stereocenters. The summed E-state index contributed by atoms with van der Waals surface area (Å²) in [7, 11) is 0. The van der Waals surface area contributed by atoms with Gasteiger partial charge in [0.1, 0.15) is 12.4 Å². The van der Waals surface area contributed by atoms with Crippen molar-refractivity contribution in [2.45, 2.75) is 20.5 Å². The summed E-state index contributed by atoms with van der Waals surface area (Å²) in [6, 6.07) is 26.1. The molecular formula is C26H22ClFN2O. The third-order valence-corrected chi connectivity index (χ3v) is 5.35. The number of aromatic nitrogens is 1. The largest absolute Gasteiger partial charge is 0.391 e. The van der Waals surface area contributed by atoms with Crippen LogP contribution in [0.5, 0.6) is 0 Å². The fourth-order valence-corrected chi connectivity index (χ4v) is 3.77. The highest BCUT2D eigenvalue weighted by molar-refractivity contribution is 6.30. The van der Waals surface area contributed by atoms with E-state index in [1.54, 1.807) is 12.1 Å². The van der Waals surface area contributed by atoms with Crippen LogP contribution in [0.2, 0.25) is 5.02 Å². The Balaban J connectivity index is 1.74. The topological polar surface area (TPSA) is 26.5 Å². The number of nitrogens with zero attached hydrogens (tertiary/aromatic N) is 2. The Morgan fingerprint density at radius 2 is 1.71 bits per heavy atom. The first-order chi connectivity index (χ1) is 15.0. The van der Waals surface area contributed by atoms with E-state index in [0.717, 1.165) is 39.5 Å². The maximum Gasteiger partial charge on any atom is 0.142 e. The lowest BCUT2D eigenvalue weighted by Gasteiger charge is -2.13. The zero-order valence-electron chi connectivity index (χ0n) is 17.3. The van der Waals surface area contributed by atoms with Gasteiger partial charge in [0.05, 0.1) is 11.4 Å². The van der Waals surface area contributed by atoms with Gasteiger partial charge in [-0.1, -0.05) is 53.2 Å². The Bertz CT molecular complexity index is 1210. The second-order valence-electron chi connectivity index (χ2n) is 7.29. The molecule has 5 heteroatoms. The molecule has 0 bridgehead atoms. The fourth-order valence-electron chi connectivity index (χ4n) is 3.58. The molecule has 0 saturated heterocycles. The van der Waals surface area contributed by atoms with E-state index in [-0.39, 0.29) is 5.82 Å². The molecule has 4 rings (SSSR count). The fraction of sp³-hybridized carbons (Fsp3) is 0.115. The molecule has 0 spiro atoms. The lowest BCUT2D eigenvalue weighted by atomic mass is 10.1. The van der Waals surface area contributed by atoms with E-state index in [0.29, 0.717) is 11.6 Å². The van der Waals surface area contributed by atoms with E-state index in [4.69, 9.17) is 16.4 Å². The normalized spacial score (nSPS) is 11.5. The van der Waals surface area contributed by atoms with Gasteiger partial charge in [-0.2, -0.15) is 0 Å². The molecule has 0 aliphatic rings. The lowest BCUT2D eigenvalue weighted by Crippen LogP contribution is -2.02. The highest BCUT2D eigenvalue weighted by atomic mass is 35.5. The van der Waals surface area contributed by atoms with Crippen LogP contribution in [0.4, 0.5) is 4.39 Å². The lowest BCUT2D eigenvalue weighted by molar-refractivity contribution is 0.130. The predicted octanol–water partition coefficient (Wildman–Crippen LogP) is 7.19. The summed E-state index contributed by atoms with van der Waals surface area (Å²) in [5.74, 6) is -0.270. The average Bonchev–Trinajstić information content (AvgIpc) is 3.12. The van der Waals surface area contributed by atoms with Crippen LogP contribution in [-0.2, 0) is 11.4 Å². The summed E-state index contributed by atoms with van der Waals surface area (Å²) in [6.45, 7) is 4.35. The zero-order chi connectivity index (χ0) is 21.8. The molecule has 0 saturated carbocycles. The van der Waals surface area contributed by atoms with Gasteiger partial charge in [0.2, 0.25) is 0 Å². The monoisotopic (exact) mass is 432 g/mol. The van der Waals surface area contributed by atoms with E-state index < -0.39 is 0 Å². The van der Waals surface area contributed by atoms with Crippen molar-refractivity contribution in [2.24, 2.45) is 5.16 Å². The maximum absolute atomic E-state index is 13.5. The van der Waals surface area contributed by atoms with Gasteiger partial charge in [0.25, 0.3) is 0 Å². The van der Waals surface area contributed by atoms with Crippen molar-refractivity contribution in [3.05, 3.63) is 113 Å². The molecule has 0 atom stereocenters. The second-order valence-corrected chi connectivity index (χ2v) is 7.72. The van der Waals surface area contributed by atoms with E-state index >= 15 is 0 Å². The number of oxime groups is 1. The molecule has 1 aromatic heterocycles. The molecule has 156 valence electrons. The van der Waals surface area contributed by atoms with E-state index in [1.165, 1.54) is 12.1 Å². The minimum atomic E-state index is -0.270. The first-order valence-corrected chi connectivity index (χ1v) is 10.4. The summed E-state index contributed by atoms with van der Waals surface area (Å²) in [4.78, 5) is 5.59. The minimum absolute atomic E-state index is 0.270. The molecule has 3 nitrogen and oxygen atoms in total. The van der Waals surface area contributed by atoms with Crippen LogP contribution in [0.1, 0.15) is 23.7 Å². The van der Waals surface area contributed by atoms with Gasteiger partial charge in [0.15, 0.2) is 0 Å². The summed E-state index contributed by atoms with van der Waals surface area (Å²) in [6.07, 6.45) is 0. The van der Waals surface area contributed by atoms with Crippen LogP contribution in [-0.4, -0.2) is 10.3 Å². The molecule has 0 radical (unpaired) electrons. The SMILES string of the molecule is C/C(=N/OCc1ccccc1)c1cc(-c2ccc(F)cc2)n(-c2cccc(Cl)c2)c1C. The Hall–Kier alpha value is -3.37. The van der Waals surface area contributed by atoms with Crippen LogP contribution in [0.3, 0.4) is 0 Å². The van der Waals surface area contributed by atoms with Crippen molar-refractivity contribution >= 4 is 17.3 Å². The number of rotatable bonds is 6. The van der Waals surface area contributed by atoms with Gasteiger partial charge in [0, 0.05) is 22.0 Å². The molecule has 0 aliphatic heterocycles. The Labute approximate surface area is 186 Å². The Morgan fingerprint density at radius 1 is 0.968 bits per heavy atom. The molecule has 0 amide bonds. The molecule has 4 aromatic rings. The van der Waals surface area contributed by atoms with Gasteiger partial charge >= 0.3 is 0 Å². The highest BCUT2D eigenvalue weighted by Gasteiger charge is 2.17. The number of benzene rings is 3. The number of halogens is 2. The maximum atomic E-state index is 13.5. The van der Waals surface area contributed by atoms with Gasteiger partial charge in [-0.05, 0) is 73.5 Å². The molecule has 3 aromatic carbocycles. The van der Waals surface area contributed by atoms with Crippen molar-refractivity contribution in [3.8, 4) is 16.9 Å². The summed E-state index contributed by atoms with van der Waals surface area (Å²) >= 11 is 6.26. The van der Waals surface area contributed by atoms with Crippen LogP contribution >= 0.6 is 11.6 Å². The van der Waals surface area contributed by atoms with Crippen LogP contribution in [0, 0.1) is 12.7 Å². The quantitative estimate of drug-likeness (QED) is 0.234. The highest BCUT2D eigenvalue weighted by Crippen LogP contribution is 2.31.